The predicted molar refractivity (Wildman–Crippen MR) is 249 cm³/mol. The van der Waals surface area contributed by atoms with E-state index in [1.54, 1.807) is 0 Å². The third-order valence-electron chi connectivity index (χ3n) is 12.5. The highest BCUT2D eigenvalue weighted by Gasteiger charge is 2.24. The van der Waals surface area contributed by atoms with Crippen LogP contribution in [-0.4, -0.2) is 18.3 Å². The van der Waals surface area contributed by atoms with Gasteiger partial charge in [0.15, 0.2) is 0 Å². The Hall–Kier alpha value is -8.33. The maximum Gasteiger partial charge on any atom is 0.0991 e. The van der Waals surface area contributed by atoms with E-state index in [1.165, 1.54) is 38.0 Å². The number of hydrogen-bond acceptors (Lipinski definition) is 1. The van der Waals surface area contributed by atoms with Crippen LogP contribution in [0.3, 0.4) is 0 Å². The molecule has 9 aromatic carbocycles. The summed E-state index contributed by atoms with van der Waals surface area (Å²) in [6.07, 6.45) is 0. The Morgan fingerprint density at radius 1 is 0.283 bits per heavy atom. The van der Waals surface area contributed by atoms with Crippen molar-refractivity contribution in [3.8, 4) is 28.8 Å². The lowest BCUT2D eigenvalue weighted by molar-refractivity contribution is 1.16. The largest absolute Gasteiger partial charge is 0.309 e. The van der Waals surface area contributed by atoms with Crippen molar-refractivity contribution in [1.82, 2.24) is 18.3 Å². The van der Waals surface area contributed by atoms with E-state index in [1.807, 2.05) is 12.1 Å². The lowest BCUT2D eigenvalue weighted by atomic mass is 10.1. The number of nitrogens with zero attached hydrogens (tertiary/aromatic N) is 5. The molecule has 4 aromatic heterocycles. The maximum absolute atomic E-state index is 10.0. The van der Waals surface area contributed by atoms with Crippen molar-refractivity contribution in [2.75, 3.05) is 0 Å². The van der Waals surface area contributed by atoms with E-state index in [9.17, 15) is 5.26 Å². The molecule has 0 N–H and O–H groups in total. The number of aromatic nitrogens is 4. The summed E-state index contributed by atoms with van der Waals surface area (Å²) >= 11 is 0. The highest BCUT2D eigenvalue weighted by Crippen LogP contribution is 2.45. The molecule has 5 heteroatoms. The van der Waals surface area contributed by atoms with Crippen LogP contribution in [0.1, 0.15) is 5.56 Å². The second kappa shape index (κ2) is 12.3. The fourth-order valence-electron chi connectivity index (χ4n) is 10.1. The van der Waals surface area contributed by atoms with Gasteiger partial charge in [0.2, 0.25) is 0 Å². The van der Waals surface area contributed by atoms with Gasteiger partial charge in [-0.1, -0.05) is 103 Å². The van der Waals surface area contributed by atoms with E-state index in [2.05, 4.69) is 212 Å². The second-order valence-electron chi connectivity index (χ2n) is 15.6. The molecule has 0 aliphatic carbocycles. The number of hydrogen-bond donors (Lipinski definition) is 0. The molecule has 0 aliphatic rings. The number of benzene rings is 9. The van der Waals surface area contributed by atoms with Crippen LogP contribution in [0.5, 0.6) is 0 Å². The van der Waals surface area contributed by atoms with Crippen LogP contribution in [0, 0.1) is 11.3 Å². The zero-order chi connectivity index (χ0) is 39.5. The molecule has 0 saturated carbocycles. The van der Waals surface area contributed by atoms with Crippen LogP contribution in [0.2, 0.25) is 0 Å². The van der Waals surface area contributed by atoms with Crippen LogP contribution >= 0.6 is 0 Å². The molecule has 5 nitrogen and oxygen atoms in total. The van der Waals surface area contributed by atoms with Gasteiger partial charge in [-0.25, -0.2) is 0 Å². The second-order valence-corrected chi connectivity index (χ2v) is 15.6. The Balaban J connectivity index is 1.19. The van der Waals surface area contributed by atoms with Crippen LogP contribution in [0.15, 0.2) is 200 Å². The van der Waals surface area contributed by atoms with Gasteiger partial charge in [-0.3, -0.25) is 0 Å². The molecular weight excluding hydrogens is 731 g/mol. The molecule has 0 aliphatic heterocycles. The zero-order valence-corrected chi connectivity index (χ0v) is 32.3. The number of rotatable bonds is 4. The lowest BCUT2D eigenvalue weighted by Gasteiger charge is -2.11. The van der Waals surface area contributed by atoms with Gasteiger partial charge in [0.25, 0.3) is 0 Å². The Labute approximate surface area is 344 Å². The molecule has 0 radical (unpaired) electrons. The van der Waals surface area contributed by atoms with E-state index in [0.717, 1.165) is 72.0 Å². The van der Waals surface area contributed by atoms with Crippen LogP contribution in [-0.2, 0) is 0 Å². The van der Waals surface area contributed by atoms with Crippen molar-refractivity contribution in [2.24, 2.45) is 0 Å². The summed E-state index contributed by atoms with van der Waals surface area (Å²) in [4.78, 5) is 0. The SMILES string of the molecule is N#Cc1ccc2c(c1)c1ccc3c(c4cc(-n5c6ccccc6c6c5ccc5c7ccccc7n(-c7ccccc7)c56)ccc4n3-c3ccccc3)c1n2-c1ccccc1. The third kappa shape index (κ3) is 4.39. The number of nitriles is 1. The summed E-state index contributed by atoms with van der Waals surface area (Å²) in [7, 11) is 0. The molecular formula is C55H33N5. The van der Waals surface area contributed by atoms with Gasteiger partial charge < -0.3 is 18.3 Å². The van der Waals surface area contributed by atoms with E-state index in [4.69, 9.17) is 0 Å². The van der Waals surface area contributed by atoms with Gasteiger partial charge >= 0.3 is 0 Å². The quantitative estimate of drug-likeness (QED) is 0.176. The van der Waals surface area contributed by atoms with E-state index in [0.29, 0.717) is 5.56 Å². The standard InChI is InChI=1S/C55H33N5/c56-34-35-24-28-48-44(32-35)42-27-31-51-53(55(42)60(48)38-18-8-3-9-19-38)45-33-39(25-29-49(45)57(51)36-14-4-1-5-15-36)58-47-23-13-11-21-43(47)52-50(58)30-26-41-40-20-10-12-22-46(40)59(54(41)52)37-16-6-2-7-17-37/h1-33H. The average molecular weight is 764 g/mol. The molecule has 4 heterocycles. The normalized spacial score (nSPS) is 12.0. The summed E-state index contributed by atoms with van der Waals surface area (Å²) in [6.45, 7) is 0. The molecule has 13 aromatic rings. The minimum atomic E-state index is 0.649. The first-order valence-corrected chi connectivity index (χ1v) is 20.3. The molecule has 0 bridgehead atoms. The summed E-state index contributed by atoms with van der Waals surface area (Å²) < 4.78 is 9.68. The van der Waals surface area contributed by atoms with Gasteiger partial charge in [-0.2, -0.15) is 5.26 Å². The Morgan fingerprint density at radius 2 is 0.717 bits per heavy atom. The molecule has 60 heavy (non-hydrogen) atoms. The van der Waals surface area contributed by atoms with Crippen molar-refractivity contribution in [1.29, 1.82) is 5.26 Å². The predicted octanol–water partition coefficient (Wildman–Crippen LogP) is 13.9. The first kappa shape index (κ1) is 32.7. The zero-order valence-electron chi connectivity index (χ0n) is 32.3. The first-order valence-electron chi connectivity index (χ1n) is 20.3. The van der Waals surface area contributed by atoms with Crippen molar-refractivity contribution < 1.29 is 0 Å². The molecule has 0 amide bonds. The summed E-state index contributed by atoms with van der Waals surface area (Å²) in [5.74, 6) is 0. The first-order chi connectivity index (χ1) is 29.8. The van der Waals surface area contributed by atoms with Crippen LogP contribution in [0.4, 0.5) is 0 Å². The molecule has 278 valence electrons. The lowest BCUT2D eigenvalue weighted by Crippen LogP contribution is -1.96. The summed E-state index contributed by atoms with van der Waals surface area (Å²) in [6, 6.07) is 74.2. The summed E-state index contributed by atoms with van der Waals surface area (Å²) in [5, 5.41) is 19.4. The van der Waals surface area contributed by atoms with Gasteiger partial charge in [-0.15, -0.1) is 0 Å². The molecule has 0 saturated heterocycles. The minimum absolute atomic E-state index is 0.649. The molecule has 13 rings (SSSR count). The monoisotopic (exact) mass is 763 g/mol. The summed E-state index contributed by atoms with van der Waals surface area (Å²) in [5.41, 5.74) is 14.2. The molecule has 0 fully saturated rings. The highest BCUT2D eigenvalue weighted by molar-refractivity contribution is 6.28. The maximum atomic E-state index is 10.0. The topological polar surface area (TPSA) is 43.5 Å². The molecule has 0 unspecified atom stereocenters. The fraction of sp³-hybridized carbons (Fsp3) is 0. The highest BCUT2D eigenvalue weighted by atomic mass is 15.0. The van der Waals surface area contributed by atoms with E-state index in [-0.39, 0.29) is 0 Å². The third-order valence-corrected chi connectivity index (χ3v) is 12.5. The molecule has 0 spiro atoms. The number of para-hydroxylation sites is 5. The smallest absolute Gasteiger partial charge is 0.0991 e. The molecule has 0 atom stereocenters. The van der Waals surface area contributed by atoms with Crippen LogP contribution < -0.4 is 0 Å². The Morgan fingerprint density at radius 3 is 1.33 bits per heavy atom. The van der Waals surface area contributed by atoms with E-state index < -0.39 is 0 Å². The number of fused-ring (bicyclic) bond motifs is 14. The van der Waals surface area contributed by atoms with Crippen molar-refractivity contribution in [3.05, 3.63) is 206 Å². The average Bonchev–Trinajstić information content (AvgIpc) is 4.04. The van der Waals surface area contributed by atoms with Gasteiger partial charge in [0.1, 0.15) is 0 Å². The Kier molecular flexibility index (Phi) is 6.73. The van der Waals surface area contributed by atoms with Crippen molar-refractivity contribution in [3.63, 3.8) is 0 Å². The fourth-order valence-corrected chi connectivity index (χ4v) is 10.1. The van der Waals surface area contributed by atoms with Gasteiger partial charge in [0, 0.05) is 65.8 Å². The van der Waals surface area contributed by atoms with E-state index >= 15 is 0 Å². The van der Waals surface area contributed by atoms with Crippen LogP contribution in [0.25, 0.3) is 110 Å². The van der Waals surface area contributed by atoms with Gasteiger partial charge in [0.05, 0.1) is 55.8 Å². The van der Waals surface area contributed by atoms with Crippen molar-refractivity contribution >= 4 is 87.2 Å². The Bertz CT molecular complexity index is 3930. The van der Waals surface area contributed by atoms with Gasteiger partial charge in [-0.05, 0) is 97.1 Å². The van der Waals surface area contributed by atoms with Crippen molar-refractivity contribution in [2.45, 2.75) is 0 Å². The minimum Gasteiger partial charge on any atom is -0.309 e.